The zero-order valence-electron chi connectivity index (χ0n) is 14.5. The van der Waals surface area contributed by atoms with Gasteiger partial charge in [-0.2, -0.15) is 0 Å². The first-order valence-electron chi connectivity index (χ1n) is 8.38. The van der Waals surface area contributed by atoms with Crippen LogP contribution in [-0.2, 0) is 10.5 Å². The lowest BCUT2D eigenvalue weighted by atomic mass is 10.2. The van der Waals surface area contributed by atoms with E-state index in [0.717, 1.165) is 10.1 Å². The molecule has 1 aromatic heterocycles. The summed E-state index contributed by atoms with van der Waals surface area (Å²) in [4.78, 5) is 12.4. The third kappa shape index (κ3) is 4.40. The number of nitrogens with one attached hydrogen (secondary N) is 1. The van der Waals surface area contributed by atoms with Gasteiger partial charge >= 0.3 is 0 Å². The van der Waals surface area contributed by atoms with Gasteiger partial charge in [-0.1, -0.05) is 65.1 Å². The van der Waals surface area contributed by atoms with Gasteiger partial charge in [-0.05, 0) is 24.6 Å². The average Bonchev–Trinajstić information content (AvgIpc) is 3.14. The summed E-state index contributed by atoms with van der Waals surface area (Å²) in [5, 5.41) is 11.4. The third-order valence-electron chi connectivity index (χ3n) is 3.92. The minimum absolute atomic E-state index is 0.163. The number of hydrogen-bond acceptors (Lipinski definition) is 7. The molecule has 0 fully saturated rings. The number of carbonyl (C=O) groups excluding carboxylic acids is 1. The third-order valence-corrected chi connectivity index (χ3v) is 5.96. The summed E-state index contributed by atoms with van der Waals surface area (Å²) in [6, 6.07) is 15.7. The monoisotopic (exact) mass is 399 g/mol. The van der Waals surface area contributed by atoms with Crippen molar-refractivity contribution in [2.75, 3.05) is 11.9 Å². The number of fused-ring (bicyclic) bond motifs is 1. The number of hydrogen-bond donors (Lipinski definition) is 1. The molecule has 27 heavy (non-hydrogen) atoms. The van der Waals surface area contributed by atoms with Gasteiger partial charge in [-0.25, -0.2) is 0 Å². The van der Waals surface area contributed by atoms with Gasteiger partial charge in [0.1, 0.15) is 6.61 Å². The minimum Gasteiger partial charge on any atom is -0.485 e. The van der Waals surface area contributed by atoms with Crippen molar-refractivity contribution in [3.8, 4) is 11.5 Å². The first-order chi connectivity index (χ1) is 13.2. The number of aromatic nitrogens is 2. The number of nitrogens with zero attached hydrogens (tertiary/aromatic N) is 2. The Morgan fingerprint density at radius 2 is 1.96 bits per heavy atom. The van der Waals surface area contributed by atoms with Gasteiger partial charge in [-0.3, -0.25) is 10.1 Å². The van der Waals surface area contributed by atoms with Crippen LogP contribution in [0.3, 0.4) is 0 Å². The number of aryl methyl sites for hydroxylation is 1. The molecule has 0 bridgehead atoms. The number of thioether (sulfide) groups is 1. The molecule has 2 heterocycles. The van der Waals surface area contributed by atoms with E-state index in [-0.39, 0.29) is 12.5 Å². The Hall–Kier alpha value is -2.58. The Labute approximate surface area is 164 Å². The summed E-state index contributed by atoms with van der Waals surface area (Å²) in [5.74, 6) is 1.72. The van der Waals surface area contributed by atoms with Crippen LogP contribution in [0.1, 0.15) is 11.1 Å². The summed E-state index contributed by atoms with van der Waals surface area (Å²) < 4.78 is 12.1. The summed E-state index contributed by atoms with van der Waals surface area (Å²) >= 11 is 2.94. The molecule has 1 N–H and O–H groups in total. The minimum atomic E-state index is -0.715. The lowest BCUT2D eigenvalue weighted by Crippen LogP contribution is -2.40. The second-order valence-electron chi connectivity index (χ2n) is 6.00. The number of carbonyl (C=O) groups is 1. The maximum atomic E-state index is 12.4. The van der Waals surface area contributed by atoms with Crippen LogP contribution in [0.25, 0.3) is 0 Å². The van der Waals surface area contributed by atoms with Gasteiger partial charge in [-0.15, -0.1) is 10.2 Å². The molecule has 3 aromatic rings. The van der Waals surface area contributed by atoms with E-state index < -0.39 is 6.10 Å². The molecule has 6 nitrogen and oxygen atoms in total. The van der Waals surface area contributed by atoms with E-state index in [1.165, 1.54) is 22.5 Å². The van der Waals surface area contributed by atoms with Crippen molar-refractivity contribution >= 4 is 34.1 Å². The molecule has 0 radical (unpaired) electrons. The van der Waals surface area contributed by atoms with E-state index in [2.05, 4.69) is 46.7 Å². The standard InChI is InChI=1S/C19H17N3O3S2/c1-12-6-8-13(9-7-12)11-26-19-22-21-18(27-19)20-17(23)16-10-24-14-4-2-3-5-15(14)25-16/h2-9,16H,10-11H2,1H3,(H,20,21,23). The second-order valence-corrected chi connectivity index (χ2v) is 8.20. The lowest BCUT2D eigenvalue weighted by molar-refractivity contribution is -0.125. The van der Waals surface area contributed by atoms with E-state index in [9.17, 15) is 4.79 Å². The zero-order valence-corrected chi connectivity index (χ0v) is 16.2. The molecule has 1 unspecified atom stereocenters. The highest BCUT2D eigenvalue weighted by atomic mass is 32.2. The van der Waals surface area contributed by atoms with Crippen molar-refractivity contribution in [1.82, 2.24) is 10.2 Å². The highest BCUT2D eigenvalue weighted by molar-refractivity contribution is 8.00. The predicted octanol–water partition coefficient (Wildman–Crippen LogP) is 3.92. The molecular weight excluding hydrogens is 382 g/mol. The molecule has 4 rings (SSSR count). The summed E-state index contributed by atoms with van der Waals surface area (Å²) in [6.07, 6.45) is -0.715. The van der Waals surface area contributed by atoms with E-state index in [1.807, 2.05) is 18.2 Å². The number of ether oxygens (including phenoxy) is 2. The van der Waals surface area contributed by atoms with Gasteiger partial charge in [0.05, 0.1) is 0 Å². The molecule has 0 spiro atoms. The molecule has 8 heteroatoms. The fourth-order valence-corrected chi connectivity index (χ4v) is 4.19. The van der Waals surface area contributed by atoms with Crippen LogP contribution in [0, 0.1) is 6.92 Å². The molecule has 1 aliphatic rings. The molecule has 1 amide bonds. The van der Waals surface area contributed by atoms with Crippen LogP contribution in [-0.4, -0.2) is 28.8 Å². The van der Waals surface area contributed by atoms with Crippen molar-refractivity contribution in [3.63, 3.8) is 0 Å². The van der Waals surface area contributed by atoms with E-state index in [0.29, 0.717) is 16.6 Å². The molecule has 0 saturated carbocycles. The van der Waals surface area contributed by atoms with Crippen LogP contribution < -0.4 is 14.8 Å². The Balaban J connectivity index is 1.32. The molecule has 138 valence electrons. The largest absolute Gasteiger partial charge is 0.485 e. The first kappa shape index (κ1) is 17.8. The van der Waals surface area contributed by atoms with Crippen molar-refractivity contribution in [1.29, 1.82) is 0 Å². The van der Waals surface area contributed by atoms with Crippen molar-refractivity contribution in [2.45, 2.75) is 23.1 Å². The van der Waals surface area contributed by atoms with Gasteiger partial charge in [0.2, 0.25) is 11.2 Å². The topological polar surface area (TPSA) is 73.3 Å². The number of anilines is 1. The Kier molecular flexibility index (Phi) is 5.26. The number of para-hydroxylation sites is 2. The molecule has 0 saturated heterocycles. The highest BCUT2D eigenvalue weighted by Crippen LogP contribution is 2.32. The van der Waals surface area contributed by atoms with Gasteiger partial charge in [0.15, 0.2) is 15.8 Å². The number of amides is 1. The maximum Gasteiger partial charge on any atom is 0.270 e. The van der Waals surface area contributed by atoms with Crippen molar-refractivity contribution in [2.24, 2.45) is 0 Å². The van der Waals surface area contributed by atoms with Gasteiger partial charge in [0.25, 0.3) is 5.91 Å². The van der Waals surface area contributed by atoms with Gasteiger partial charge < -0.3 is 9.47 Å². The SMILES string of the molecule is Cc1ccc(CSc2nnc(NC(=O)C3COc4ccccc4O3)s2)cc1. The van der Waals surface area contributed by atoms with Crippen LogP contribution in [0.5, 0.6) is 11.5 Å². The van der Waals surface area contributed by atoms with Gasteiger partial charge in [0, 0.05) is 5.75 Å². The maximum absolute atomic E-state index is 12.4. The van der Waals surface area contributed by atoms with Crippen LogP contribution >= 0.6 is 23.1 Å². The Morgan fingerprint density at radius 1 is 1.19 bits per heavy atom. The fraction of sp³-hybridized carbons (Fsp3) is 0.211. The smallest absolute Gasteiger partial charge is 0.270 e. The summed E-state index contributed by atoms with van der Waals surface area (Å²) in [5.41, 5.74) is 2.46. The van der Waals surface area contributed by atoms with Crippen molar-refractivity contribution < 1.29 is 14.3 Å². The Morgan fingerprint density at radius 3 is 2.78 bits per heavy atom. The molecular formula is C19H17N3O3S2. The van der Waals surface area contributed by atoms with Crippen LogP contribution in [0.2, 0.25) is 0 Å². The first-order valence-corrected chi connectivity index (χ1v) is 10.2. The number of benzene rings is 2. The quantitative estimate of drug-likeness (QED) is 0.518. The molecule has 1 atom stereocenters. The zero-order chi connectivity index (χ0) is 18.6. The molecule has 0 aliphatic carbocycles. The highest BCUT2D eigenvalue weighted by Gasteiger charge is 2.28. The molecule has 1 aliphatic heterocycles. The predicted molar refractivity (Wildman–Crippen MR) is 106 cm³/mol. The summed E-state index contributed by atoms with van der Waals surface area (Å²) in [7, 11) is 0. The fourth-order valence-electron chi connectivity index (χ4n) is 2.48. The van der Waals surface area contributed by atoms with E-state index in [1.54, 1.807) is 17.8 Å². The van der Waals surface area contributed by atoms with Crippen LogP contribution in [0.15, 0.2) is 52.9 Å². The average molecular weight is 399 g/mol. The summed E-state index contributed by atoms with van der Waals surface area (Å²) in [6.45, 7) is 2.23. The lowest BCUT2D eigenvalue weighted by Gasteiger charge is -2.25. The molecule has 2 aromatic carbocycles. The van der Waals surface area contributed by atoms with Crippen molar-refractivity contribution in [3.05, 3.63) is 59.7 Å². The van der Waals surface area contributed by atoms with E-state index >= 15 is 0 Å². The van der Waals surface area contributed by atoms with Crippen LogP contribution in [0.4, 0.5) is 5.13 Å². The van der Waals surface area contributed by atoms with E-state index in [4.69, 9.17) is 9.47 Å². The normalized spacial score (nSPS) is 15.4. The Bertz CT molecular complexity index is 943. The second kappa shape index (κ2) is 7.98. The number of rotatable bonds is 5.